The lowest BCUT2D eigenvalue weighted by Gasteiger charge is -2.46. The van der Waals surface area contributed by atoms with Crippen LogP contribution in [-0.4, -0.2) is 61.5 Å². The molecule has 2 N–H and O–H groups in total. The van der Waals surface area contributed by atoms with Crippen molar-refractivity contribution in [3.8, 4) is 0 Å². The third-order valence-electron chi connectivity index (χ3n) is 4.47. The molecule has 0 aliphatic carbocycles. The van der Waals surface area contributed by atoms with Crippen LogP contribution in [-0.2, 0) is 15.9 Å². The molecular weight excluding hydrogens is 318 g/mol. The van der Waals surface area contributed by atoms with Crippen molar-refractivity contribution in [3.05, 3.63) is 29.8 Å². The molecule has 25 heavy (non-hydrogen) atoms. The van der Waals surface area contributed by atoms with E-state index in [1.807, 2.05) is 20.8 Å². The Morgan fingerprint density at radius 2 is 1.76 bits per heavy atom. The molecule has 2 heterocycles. The fraction of sp³-hybridized carbons (Fsp3) is 0.632. The predicted molar refractivity (Wildman–Crippen MR) is 97.9 cm³/mol. The summed E-state index contributed by atoms with van der Waals surface area (Å²) in [6, 6.07) is 8.58. The minimum absolute atomic E-state index is 0.0173. The number of nitrogens with two attached hydrogens (primary N) is 1. The number of hydrogen-bond donors (Lipinski definition) is 1. The average molecular weight is 347 g/mol. The van der Waals surface area contributed by atoms with Gasteiger partial charge in [-0.25, -0.2) is 4.79 Å². The van der Waals surface area contributed by atoms with Gasteiger partial charge < -0.3 is 25.0 Å². The van der Waals surface area contributed by atoms with Crippen molar-refractivity contribution >= 4 is 11.8 Å². The Morgan fingerprint density at radius 3 is 2.28 bits per heavy atom. The van der Waals surface area contributed by atoms with Crippen LogP contribution in [0.25, 0.3) is 0 Å². The third kappa shape index (κ3) is 4.64. The van der Waals surface area contributed by atoms with Crippen LogP contribution < -0.4 is 10.6 Å². The van der Waals surface area contributed by atoms with Gasteiger partial charge in [-0.15, -0.1) is 0 Å². The maximum absolute atomic E-state index is 12.3. The number of hydrogen-bond acceptors (Lipinski definition) is 5. The molecule has 6 heteroatoms. The maximum atomic E-state index is 12.3. The van der Waals surface area contributed by atoms with Crippen molar-refractivity contribution in [1.29, 1.82) is 0 Å². The van der Waals surface area contributed by atoms with Crippen LogP contribution >= 0.6 is 0 Å². The molecule has 2 fully saturated rings. The van der Waals surface area contributed by atoms with Crippen LogP contribution in [0.2, 0.25) is 0 Å². The molecular formula is C19H29N3O3. The standard InChI is InChI=1S/C19H29N3O3/c1-19(2,3)25-18(23)22-12-16-10-21(11-17(13-22)24-16)15-6-4-14(5-7-15)8-9-20/h4-7,16-17H,8-13,20H2,1-3H3/t16-,17+. The fourth-order valence-electron chi connectivity index (χ4n) is 3.42. The number of amides is 1. The van der Waals surface area contributed by atoms with E-state index >= 15 is 0 Å². The maximum Gasteiger partial charge on any atom is 0.410 e. The van der Waals surface area contributed by atoms with Gasteiger partial charge in [0.1, 0.15) is 5.60 Å². The highest BCUT2D eigenvalue weighted by atomic mass is 16.6. The van der Waals surface area contributed by atoms with Crippen LogP contribution in [0.3, 0.4) is 0 Å². The van der Waals surface area contributed by atoms with E-state index in [4.69, 9.17) is 15.2 Å². The molecule has 0 spiro atoms. The molecule has 1 amide bonds. The summed E-state index contributed by atoms with van der Waals surface area (Å²) < 4.78 is 11.5. The van der Waals surface area contributed by atoms with Gasteiger partial charge in [0.15, 0.2) is 0 Å². The number of carbonyl (C=O) groups is 1. The summed E-state index contributed by atoms with van der Waals surface area (Å²) in [5, 5.41) is 0. The molecule has 0 radical (unpaired) electrons. The van der Waals surface area contributed by atoms with Gasteiger partial charge in [-0.3, -0.25) is 0 Å². The highest BCUT2D eigenvalue weighted by Gasteiger charge is 2.38. The van der Waals surface area contributed by atoms with Crippen molar-refractivity contribution in [2.75, 3.05) is 37.6 Å². The minimum atomic E-state index is -0.470. The number of rotatable bonds is 3. The predicted octanol–water partition coefficient (Wildman–Crippen LogP) is 2.01. The number of ether oxygens (including phenoxy) is 2. The Kier molecular flexibility index (Phi) is 5.20. The third-order valence-corrected chi connectivity index (χ3v) is 4.47. The Bertz CT molecular complexity index is 583. The van der Waals surface area contributed by atoms with Crippen molar-refractivity contribution in [2.24, 2.45) is 5.73 Å². The first-order chi connectivity index (χ1) is 11.8. The average Bonchev–Trinajstić information content (AvgIpc) is 2.53. The van der Waals surface area contributed by atoms with Gasteiger partial charge in [-0.1, -0.05) is 12.1 Å². The summed E-state index contributed by atoms with van der Waals surface area (Å²) in [6.45, 7) is 9.06. The molecule has 1 aromatic rings. The van der Waals surface area contributed by atoms with Crippen LogP contribution in [0.15, 0.2) is 24.3 Å². The first-order valence-corrected chi connectivity index (χ1v) is 9.01. The molecule has 1 aromatic carbocycles. The molecule has 2 saturated heterocycles. The Morgan fingerprint density at radius 1 is 1.16 bits per heavy atom. The molecule has 2 aliphatic heterocycles. The Hall–Kier alpha value is -1.79. The van der Waals surface area contributed by atoms with E-state index in [2.05, 4.69) is 29.2 Å². The summed E-state index contributed by atoms with van der Waals surface area (Å²) >= 11 is 0. The number of nitrogens with zero attached hydrogens (tertiary/aromatic N) is 2. The summed E-state index contributed by atoms with van der Waals surface area (Å²) in [4.78, 5) is 16.4. The Balaban J connectivity index is 1.61. The second-order valence-electron chi connectivity index (χ2n) is 7.88. The first-order valence-electron chi connectivity index (χ1n) is 9.01. The second-order valence-corrected chi connectivity index (χ2v) is 7.88. The van der Waals surface area contributed by atoms with E-state index in [0.717, 1.165) is 19.5 Å². The van der Waals surface area contributed by atoms with Crippen molar-refractivity contribution < 1.29 is 14.3 Å². The van der Waals surface area contributed by atoms with Crippen molar-refractivity contribution in [3.63, 3.8) is 0 Å². The normalized spacial score (nSPS) is 23.5. The van der Waals surface area contributed by atoms with Crippen LogP contribution in [0.1, 0.15) is 26.3 Å². The molecule has 2 bridgehead atoms. The van der Waals surface area contributed by atoms with Crippen molar-refractivity contribution in [2.45, 2.75) is 45.0 Å². The fourth-order valence-corrected chi connectivity index (χ4v) is 3.42. The monoisotopic (exact) mass is 347 g/mol. The quantitative estimate of drug-likeness (QED) is 0.906. The summed E-state index contributed by atoms with van der Waals surface area (Å²) in [6.07, 6.45) is 0.692. The molecule has 2 aliphatic rings. The van der Waals surface area contributed by atoms with E-state index in [-0.39, 0.29) is 18.3 Å². The smallest absolute Gasteiger partial charge is 0.410 e. The van der Waals surface area contributed by atoms with E-state index in [1.54, 1.807) is 4.90 Å². The number of benzene rings is 1. The van der Waals surface area contributed by atoms with E-state index in [9.17, 15) is 4.79 Å². The molecule has 138 valence electrons. The van der Waals surface area contributed by atoms with Gasteiger partial charge in [0.25, 0.3) is 0 Å². The lowest BCUT2D eigenvalue weighted by molar-refractivity contribution is -0.0949. The zero-order valence-corrected chi connectivity index (χ0v) is 15.4. The minimum Gasteiger partial charge on any atom is -0.444 e. The first kappa shape index (κ1) is 18.0. The number of anilines is 1. The van der Waals surface area contributed by atoms with Gasteiger partial charge in [0.2, 0.25) is 0 Å². The highest BCUT2D eigenvalue weighted by Crippen LogP contribution is 2.25. The number of carbonyl (C=O) groups excluding carboxylic acids is 1. The van der Waals surface area contributed by atoms with E-state index in [0.29, 0.717) is 19.6 Å². The lowest BCUT2D eigenvalue weighted by atomic mass is 10.1. The van der Waals surface area contributed by atoms with E-state index < -0.39 is 5.60 Å². The molecule has 3 rings (SSSR count). The van der Waals surface area contributed by atoms with Gasteiger partial charge >= 0.3 is 6.09 Å². The lowest BCUT2D eigenvalue weighted by Crippen LogP contribution is -2.61. The molecule has 6 nitrogen and oxygen atoms in total. The number of morpholine rings is 2. The van der Waals surface area contributed by atoms with Crippen LogP contribution in [0, 0.1) is 0 Å². The zero-order valence-electron chi connectivity index (χ0n) is 15.4. The topological polar surface area (TPSA) is 68.0 Å². The largest absolute Gasteiger partial charge is 0.444 e. The molecule has 2 atom stereocenters. The van der Waals surface area contributed by atoms with Crippen molar-refractivity contribution in [1.82, 2.24) is 4.90 Å². The Labute approximate surface area is 149 Å². The molecule has 0 saturated carbocycles. The van der Waals surface area contributed by atoms with E-state index in [1.165, 1.54) is 11.3 Å². The van der Waals surface area contributed by atoms with Gasteiger partial charge in [0, 0.05) is 18.8 Å². The van der Waals surface area contributed by atoms with Crippen LogP contribution in [0.4, 0.5) is 10.5 Å². The van der Waals surface area contributed by atoms with Gasteiger partial charge in [-0.2, -0.15) is 0 Å². The molecule has 0 aromatic heterocycles. The second kappa shape index (κ2) is 7.22. The summed E-state index contributed by atoms with van der Waals surface area (Å²) in [7, 11) is 0. The number of fused-ring (bicyclic) bond motifs is 2. The van der Waals surface area contributed by atoms with Crippen LogP contribution in [0.5, 0.6) is 0 Å². The molecule has 0 unspecified atom stereocenters. The summed E-state index contributed by atoms with van der Waals surface area (Å²) in [5.41, 5.74) is 7.60. The van der Waals surface area contributed by atoms with Gasteiger partial charge in [-0.05, 0) is 51.4 Å². The summed E-state index contributed by atoms with van der Waals surface area (Å²) in [5.74, 6) is 0. The SMILES string of the molecule is CC(C)(C)OC(=O)N1C[C@@H]2CN(c3ccc(CCN)cc3)C[C@H](C1)O2. The highest BCUT2D eigenvalue weighted by molar-refractivity contribution is 5.68. The zero-order chi connectivity index (χ0) is 18.0. The van der Waals surface area contributed by atoms with Gasteiger partial charge in [0.05, 0.1) is 25.3 Å².